The number of unbranched alkanes of at least 4 members (excludes halogenated alkanes) is 22. The van der Waals surface area contributed by atoms with Crippen LogP contribution in [0.15, 0.2) is 22.9 Å². The van der Waals surface area contributed by atoms with Gasteiger partial charge in [-0.05, 0) is 59.7 Å². The summed E-state index contributed by atoms with van der Waals surface area (Å²) in [5, 5.41) is 6.86. The molecule has 0 unspecified atom stereocenters. The van der Waals surface area contributed by atoms with Crippen LogP contribution in [0.1, 0.15) is 179 Å². The second kappa shape index (κ2) is 23.3. The van der Waals surface area contributed by atoms with E-state index in [4.69, 9.17) is 9.97 Å². The molecule has 0 saturated heterocycles. The van der Waals surface area contributed by atoms with Crippen molar-refractivity contribution in [2.24, 2.45) is 0 Å². The molecule has 0 amide bonds. The minimum absolute atomic E-state index is 1.12. The summed E-state index contributed by atoms with van der Waals surface area (Å²) >= 11 is 7.31. The zero-order valence-electron chi connectivity index (χ0n) is 29.2. The third-order valence-corrected chi connectivity index (χ3v) is 13.7. The molecule has 0 aliphatic rings. The average molecular weight is 699 g/mol. The molecular weight excluding hydrogens is 637 g/mol. The van der Waals surface area contributed by atoms with Gasteiger partial charge >= 0.3 is 0 Å². The van der Waals surface area contributed by atoms with E-state index in [2.05, 4.69) is 36.7 Å². The van der Waals surface area contributed by atoms with Crippen molar-refractivity contribution in [2.45, 2.75) is 181 Å². The second-order valence-electron chi connectivity index (χ2n) is 13.5. The van der Waals surface area contributed by atoms with Crippen LogP contribution in [-0.2, 0) is 12.8 Å². The van der Waals surface area contributed by atoms with Crippen molar-refractivity contribution in [3.8, 4) is 19.8 Å². The van der Waals surface area contributed by atoms with Crippen LogP contribution in [0.2, 0.25) is 0 Å². The Hall–Kier alpha value is -1.08. The lowest BCUT2D eigenvalue weighted by molar-refractivity contribution is 0.544. The fraction of sp³-hybridized carbons (Fsp3) is 0.700. The lowest BCUT2D eigenvalue weighted by atomic mass is 10.0. The van der Waals surface area contributed by atoms with Gasteiger partial charge in [0.15, 0.2) is 9.66 Å². The second-order valence-corrected chi connectivity index (χ2v) is 17.3. The third kappa shape index (κ3) is 13.4. The van der Waals surface area contributed by atoms with E-state index in [-0.39, 0.29) is 0 Å². The van der Waals surface area contributed by atoms with Crippen LogP contribution >= 0.6 is 45.3 Å². The average Bonchev–Trinajstić information content (AvgIpc) is 3.86. The largest absolute Gasteiger partial charge is 0.222 e. The zero-order chi connectivity index (χ0) is 32.1. The maximum Gasteiger partial charge on any atom is 0.155 e. The van der Waals surface area contributed by atoms with Gasteiger partial charge in [-0.3, -0.25) is 0 Å². The number of fused-ring (bicyclic) bond motifs is 1. The molecule has 0 aliphatic carbocycles. The highest BCUT2D eigenvalue weighted by molar-refractivity contribution is 7.31. The molecule has 4 rings (SSSR count). The van der Waals surface area contributed by atoms with Gasteiger partial charge in [0.2, 0.25) is 0 Å². The van der Waals surface area contributed by atoms with E-state index in [0.29, 0.717) is 0 Å². The van der Waals surface area contributed by atoms with Crippen LogP contribution < -0.4 is 0 Å². The standard InChI is InChI=1S/C40H62N2S4/c1-3-5-7-9-11-13-15-17-19-21-23-25-27-33-29-31-43-35(33)37-41-39-40(45-37)42-38(46-39)36-34(30-32-44-36)28-26-24-22-20-18-16-14-12-10-8-6-4-2/h29-32H,3-28H2,1-2H3. The molecule has 0 fully saturated rings. The van der Waals surface area contributed by atoms with E-state index >= 15 is 0 Å². The summed E-state index contributed by atoms with van der Waals surface area (Å²) in [6.45, 7) is 4.60. The normalized spacial score (nSPS) is 11.8. The Bertz CT molecular complexity index is 1180. The van der Waals surface area contributed by atoms with E-state index in [0.717, 1.165) is 9.66 Å². The molecule has 0 aliphatic heterocycles. The Labute approximate surface area is 297 Å². The molecular formula is C40H62N2S4. The Morgan fingerprint density at radius 3 is 1.04 bits per heavy atom. The van der Waals surface area contributed by atoms with Gasteiger partial charge in [-0.2, -0.15) is 0 Å². The number of nitrogens with zero attached hydrogens (tertiary/aromatic N) is 2. The quantitative estimate of drug-likeness (QED) is 0.0552. The zero-order valence-corrected chi connectivity index (χ0v) is 32.5. The summed E-state index contributed by atoms with van der Waals surface area (Å²) in [5.74, 6) is 0. The fourth-order valence-corrected chi connectivity index (χ4v) is 10.8. The van der Waals surface area contributed by atoms with Crippen molar-refractivity contribution < 1.29 is 0 Å². The van der Waals surface area contributed by atoms with Crippen LogP contribution in [0.3, 0.4) is 0 Å². The summed E-state index contributed by atoms with van der Waals surface area (Å²) in [4.78, 5) is 15.2. The van der Waals surface area contributed by atoms with Crippen molar-refractivity contribution >= 4 is 55.0 Å². The van der Waals surface area contributed by atoms with Gasteiger partial charge in [0.05, 0.1) is 9.75 Å². The summed E-state index contributed by atoms with van der Waals surface area (Å²) in [5.41, 5.74) is 2.98. The molecule has 0 atom stereocenters. The van der Waals surface area contributed by atoms with E-state index in [1.807, 2.05) is 22.7 Å². The van der Waals surface area contributed by atoms with Gasteiger partial charge < -0.3 is 0 Å². The molecule has 6 heteroatoms. The van der Waals surface area contributed by atoms with E-state index in [1.165, 1.54) is 198 Å². The van der Waals surface area contributed by atoms with Crippen LogP contribution in [-0.4, -0.2) is 9.97 Å². The number of aromatic nitrogens is 2. The first-order valence-corrected chi connectivity index (χ1v) is 22.6. The summed E-state index contributed by atoms with van der Waals surface area (Å²) in [6, 6.07) is 4.67. The molecule has 2 nitrogen and oxygen atoms in total. The van der Waals surface area contributed by atoms with Crippen LogP contribution in [0.4, 0.5) is 0 Å². The topological polar surface area (TPSA) is 25.8 Å². The van der Waals surface area contributed by atoms with Gasteiger partial charge in [-0.15, -0.1) is 22.7 Å². The van der Waals surface area contributed by atoms with Crippen molar-refractivity contribution in [3.63, 3.8) is 0 Å². The Morgan fingerprint density at radius 1 is 0.413 bits per heavy atom. The molecule has 4 aromatic heterocycles. The van der Waals surface area contributed by atoms with Crippen molar-refractivity contribution in [3.05, 3.63) is 34.0 Å². The van der Waals surface area contributed by atoms with Gasteiger partial charge in [-0.1, -0.05) is 178 Å². The van der Waals surface area contributed by atoms with Crippen LogP contribution in [0.5, 0.6) is 0 Å². The molecule has 4 aromatic rings. The van der Waals surface area contributed by atoms with Crippen LogP contribution in [0, 0.1) is 0 Å². The maximum atomic E-state index is 5.11. The number of rotatable bonds is 28. The van der Waals surface area contributed by atoms with E-state index in [1.54, 1.807) is 22.7 Å². The molecule has 0 saturated carbocycles. The molecule has 0 aromatic carbocycles. The minimum Gasteiger partial charge on any atom is -0.222 e. The first-order chi connectivity index (χ1) is 22.8. The number of aryl methyl sites for hydroxylation is 2. The molecule has 46 heavy (non-hydrogen) atoms. The number of hydrogen-bond donors (Lipinski definition) is 0. The molecule has 0 bridgehead atoms. The monoisotopic (exact) mass is 698 g/mol. The van der Waals surface area contributed by atoms with Gasteiger partial charge in [0.1, 0.15) is 10.0 Å². The predicted octanol–water partition coefficient (Wildman–Crippen LogP) is 15.7. The lowest BCUT2D eigenvalue weighted by Crippen LogP contribution is -1.87. The highest BCUT2D eigenvalue weighted by Gasteiger charge is 2.18. The van der Waals surface area contributed by atoms with E-state index in [9.17, 15) is 0 Å². The van der Waals surface area contributed by atoms with Crippen LogP contribution in [0.25, 0.3) is 29.4 Å². The predicted molar refractivity (Wildman–Crippen MR) is 211 cm³/mol. The first kappa shape index (κ1) is 37.7. The highest BCUT2D eigenvalue weighted by atomic mass is 32.1. The minimum atomic E-state index is 1.12. The molecule has 0 N–H and O–H groups in total. The SMILES string of the molecule is CCCCCCCCCCCCCCc1ccsc1-c1nc2sc(-c3sccc3CCCCCCCCCCCCCC)nc2s1. The number of hydrogen-bond acceptors (Lipinski definition) is 6. The Balaban J connectivity index is 1.13. The Morgan fingerprint density at radius 2 is 0.717 bits per heavy atom. The smallest absolute Gasteiger partial charge is 0.155 e. The summed E-state index contributed by atoms with van der Waals surface area (Å²) in [7, 11) is 0. The lowest BCUT2D eigenvalue weighted by Gasteiger charge is -2.04. The van der Waals surface area contributed by atoms with Gasteiger partial charge in [0.25, 0.3) is 0 Å². The summed E-state index contributed by atoms with van der Waals surface area (Å²) < 4.78 is 0. The third-order valence-electron chi connectivity index (χ3n) is 9.46. The summed E-state index contributed by atoms with van der Waals surface area (Å²) in [6.07, 6.45) is 36.1. The first-order valence-electron chi connectivity index (χ1n) is 19.2. The number of thiazole rings is 2. The van der Waals surface area contributed by atoms with Crippen molar-refractivity contribution in [2.75, 3.05) is 0 Å². The molecule has 0 radical (unpaired) electrons. The van der Waals surface area contributed by atoms with Gasteiger partial charge in [-0.25, -0.2) is 9.97 Å². The Kier molecular flexibility index (Phi) is 19.1. The fourth-order valence-electron chi connectivity index (χ4n) is 6.59. The van der Waals surface area contributed by atoms with Gasteiger partial charge in [0, 0.05) is 0 Å². The maximum absolute atomic E-state index is 5.11. The highest BCUT2D eigenvalue weighted by Crippen LogP contribution is 2.42. The molecule has 0 spiro atoms. The van der Waals surface area contributed by atoms with Crippen molar-refractivity contribution in [1.29, 1.82) is 0 Å². The molecule has 4 heterocycles. The van der Waals surface area contributed by atoms with Crippen molar-refractivity contribution in [1.82, 2.24) is 9.97 Å². The molecule has 256 valence electrons. The number of thiophene rings is 2. The van der Waals surface area contributed by atoms with E-state index < -0.39 is 0 Å².